The summed E-state index contributed by atoms with van der Waals surface area (Å²) in [5.74, 6) is 0. The molecule has 0 aliphatic carbocycles. The maximum absolute atomic E-state index is 11.8. The van der Waals surface area contributed by atoms with Gasteiger partial charge in [0.25, 0.3) is 0 Å². The van der Waals surface area contributed by atoms with Gasteiger partial charge in [-0.15, -0.1) is 0 Å². The third kappa shape index (κ3) is 1.69. The average Bonchev–Trinajstić information content (AvgIpc) is 1.69. The second kappa shape index (κ2) is 3.13. The molecule has 1 rings (SSSR count). The van der Waals surface area contributed by atoms with Gasteiger partial charge in [-0.2, -0.15) is 0 Å². The highest BCUT2D eigenvalue weighted by Gasteiger charge is 1.86. The molecule has 44 valence electrons. The van der Waals surface area contributed by atoms with Crippen molar-refractivity contribution in [1.82, 2.24) is 0 Å². The normalized spacial score (nSPS) is 7.62. The molecule has 0 saturated carbocycles. The fraction of sp³-hybridized carbons (Fsp3) is 0.167. The van der Waals surface area contributed by atoms with Gasteiger partial charge >= 0.3 is 0 Å². The largest absolute Gasteiger partial charge is 0.218 e. The zero-order valence-electron chi connectivity index (χ0n) is 3.71. The van der Waals surface area contributed by atoms with Gasteiger partial charge in [-0.3, -0.25) is 0 Å². The van der Waals surface area contributed by atoms with E-state index >= 15 is 0 Å². The fourth-order valence-electron chi connectivity index (χ4n) is 0.378. The van der Waals surface area contributed by atoms with Crippen molar-refractivity contribution in [3.8, 4) is 0 Å². The summed E-state index contributed by atoms with van der Waals surface area (Å²) in [7, 11) is 0. The topological polar surface area (TPSA) is 3.88 Å². The predicted octanol–water partition coefficient (Wildman–Crippen LogP) is 1.34. The molecule has 0 spiro atoms. The molecule has 8 heavy (non-hydrogen) atoms. The van der Waals surface area contributed by atoms with Gasteiger partial charge in [0.2, 0.25) is 12.4 Å². The van der Waals surface area contributed by atoms with E-state index in [1.54, 1.807) is 18.2 Å². The maximum Gasteiger partial charge on any atom is 0.218 e. The predicted molar refractivity (Wildman–Crippen MR) is 29.9 cm³/mol. The Labute approximate surface area is 48.3 Å². The molecule has 1 heterocycles. The Morgan fingerprint density at radius 2 is 1.50 bits per heavy atom. The van der Waals surface area contributed by atoms with Crippen LogP contribution in [0.3, 0.4) is 0 Å². The first-order valence-corrected chi connectivity index (χ1v) is 2.02. The molecular formula is C6H9FN+. The van der Waals surface area contributed by atoms with Crippen molar-refractivity contribution in [2.45, 2.75) is 7.43 Å². The number of rotatable bonds is 0. The summed E-state index contributed by atoms with van der Waals surface area (Å²) in [6, 6.07) is 5.01. The maximum atomic E-state index is 11.8. The molecule has 1 aromatic rings. The minimum atomic E-state index is 0. The van der Waals surface area contributed by atoms with E-state index in [4.69, 9.17) is 0 Å². The minimum Gasteiger partial charge on any atom is -0.0776 e. The molecule has 0 aliphatic heterocycles. The lowest BCUT2D eigenvalue weighted by atomic mass is 10.5. The molecule has 0 amide bonds. The molecule has 0 fully saturated rings. The second-order valence-electron chi connectivity index (χ2n) is 1.22. The van der Waals surface area contributed by atoms with Crippen LogP contribution in [0, 0.1) is 0 Å². The molecule has 0 saturated heterocycles. The Morgan fingerprint density at radius 3 is 1.75 bits per heavy atom. The Balaban J connectivity index is 0.000000490. The lowest BCUT2D eigenvalue weighted by molar-refractivity contribution is -0.843. The van der Waals surface area contributed by atoms with Gasteiger partial charge in [-0.1, -0.05) is 13.5 Å². The highest BCUT2D eigenvalue weighted by Crippen LogP contribution is 1.73. The summed E-state index contributed by atoms with van der Waals surface area (Å²) in [5.41, 5.74) is 0. The van der Waals surface area contributed by atoms with Crippen LogP contribution in [0.2, 0.25) is 0 Å². The van der Waals surface area contributed by atoms with Gasteiger partial charge in [-0.05, 0) is 0 Å². The fourth-order valence-corrected chi connectivity index (χ4v) is 0.378. The second-order valence-corrected chi connectivity index (χ2v) is 1.22. The smallest absolute Gasteiger partial charge is 0.0776 e. The number of hydrogen-bond donors (Lipinski definition) is 0. The van der Waals surface area contributed by atoms with Crippen molar-refractivity contribution in [3.05, 3.63) is 30.6 Å². The quantitative estimate of drug-likeness (QED) is 0.479. The lowest BCUT2D eigenvalue weighted by Crippen LogP contribution is -2.18. The first-order valence-electron chi connectivity index (χ1n) is 2.02. The third-order valence-electron chi connectivity index (χ3n) is 0.679. The van der Waals surface area contributed by atoms with Crippen LogP contribution in [0.1, 0.15) is 7.43 Å². The first kappa shape index (κ1) is 7.08. The van der Waals surface area contributed by atoms with E-state index in [2.05, 4.69) is 0 Å². The number of aromatic nitrogens is 1. The Bertz CT molecular complexity index is 138. The lowest BCUT2D eigenvalue weighted by Gasteiger charge is -1.69. The van der Waals surface area contributed by atoms with Crippen LogP contribution in [0.5, 0.6) is 0 Å². The molecule has 0 unspecified atom stereocenters. The average molecular weight is 114 g/mol. The number of nitrogens with zero attached hydrogens (tertiary/aromatic N) is 1. The summed E-state index contributed by atoms with van der Waals surface area (Å²) in [6.45, 7) is 0. The monoisotopic (exact) mass is 114 g/mol. The van der Waals surface area contributed by atoms with E-state index in [0.29, 0.717) is 4.79 Å². The molecule has 0 N–H and O–H groups in total. The van der Waals surface area contributed by atoms with Crippen molar-refractivity contribution >= 4 is 0 Å². The number of pyridine rings is 1. The molecule has 0 aliphatic rings. The van der Waals surface area contributed by atoms with Crippen LogP contribution < -0.4 is 4.79 Å². The van der Waals surface area contributed by atoms with Crippen molar-refractivity contribution in [3.63, 3.8) is 0 Å². The van der Waals surface area contributed by atoms with Crippen molar-refractivity contribution in [2.75, 3.05) is 0 Å². The molecule has 1 aromatic heterocycles. The highest BCUT2D eigenvalue weighted by atomic mass is 19.2. The van der Waals surface area contributed by atoms with Gasteiger partial charge in [-0.25, -0.2) is 0 Å². The summed E-state index contributed by atoms with van der Waals surface area (Å²) >= 11 is 0. The van der Waals surface area contributed by atoms with E-state index in [-0.39, 0.29) is 7.43 Å². The van der Waals surface area contributed by atoms with E-state index in [9.17, 15) is 4.48 Å². The minimum absolute atomic E-state index is 0. The van der Waals surface area contributed by atoms with Crippen LogP contribution in [-0.2, 0) is 0 Å². The molecule has 0 atom stereocenters. The zero-order chi connectivity index (χ0) is 5.11. The SMILES string of the molecule is C.F[n+]1ccccc1. The van der Waals surface area contributed by atoms with Crippen molar-refractivity contribution < 1.29 is 9.27 Å². The van der Waals surface area contributed by atoms with Crippen molar-refractivity contribution in [1.29, 1.82) is 0 Å². The third-order valence-corrected chi connectivity index (χ3v) is 0.679. The first-order chi connectivity index (χ1) is 3.39. The van der Waals surface area contributed by atoms with Crippen LogP contribution in [0.4, 0.5) is 4.48 Å². The van der Waals surface area contributed by atoms with E-state index in [1.165, 1.54) is 12.4 Å². The summed E-state index contributed by atoms with van der Waals surface area (Å²) in [6.07, 6.45) is 2.67. The molecule has 2 heteroatoms. The molecular weight excluding hydrogens is 105 g/mol. The molecule has 0 radical (unpaired) electrons. The number of hydrogen-bond acceptors (Lipinski definition) is 0. The number of halogens is 1. The van der Waals surface area contributed by atoms with Crippen LogP contribution in [0.25, 0.3) is 0 Å². The van der Waals surface area contributed by atoms with Gasteiger partial charge < -0.3 is 0 Å². The Hall–Kier alpha value is -0.920. The summed E-state index contributed by atoms with van der Waals surface area (Å²) in [4.78, 5) is 0.500. The van der Waals surface area contributed by atoms with E-state index < -0.39 is 0 Å². The van der Waals surface area contributed by atoms with Crippen LogP contribution in [-0.4, -0.2) is 0 Å². The Morgan fingerprint density at radius 1 is 1.00 bits per heavy atom. The highest BCUT2D eigenvalue weighted by molar-refractivity contribution is 4.82. The molecule has 0 bridgehead atoms. The van der Waals surface area contributed by atoms with E-state index in [0.717, 1.165) is 0 Å². The molecule has 0 aromatic carbocycles. The standard InChI is InChI=1S/C5H5FN.CH4/c6-7-4-2-1-3-5-7;/h1-5H;1H4/q+1;. The van der Waals surface area contributed by atoms with Crippen molar-refractivity contribution in [2.24, 2.45) is 0 Å². The van der Waals surface area contributed by atoms with Crippen LogP contribution in [0.15, 0.2) is 30.6 Å². The van der Waals surface area contributed by atoms with Gasteiger partial charge in [0.05, 0.1) is 4.48 Å². The van der Waals surface area contributed by atoms with E-state index in [1.807, 2.05) is 0 Å². The summed E-state index contributed by atoms with van der Waals surface area (Å²) < 4.78 is 11.8. The Kier molecular flexibility index (Phi) is 2.77. The van der Waals surface area contributed by atoms with Gasteiger partial charge in [0.15, 0.2) is 0 Å². The zero-order valence-corrected chi connectivity index (χ0v) is 3.71. The summed E-state index contributed by atoms with van der Waals surface area (Å²) in [5, 5.41) is 0. The van der Waals surface area contributed by atoms with Gasteiger partial charge in [0.1, 0.15) is 0 Å². The molecule has 1 nitrogen and oxygen atoms in total. The van der Waals surface area contributed by atoms with Gasteiger partial charge in [0, 0.05) is 16.9 Å². The van der Waals surface area contributed by atoms with Crippen LogP contribution >= 0.6 is 0 Å².